The first-order valence-corrected chi connectivity index (χ1v) is 5.60. The molecule has 0 aromatic carbocycles. The summed E-state index contributed by atoms with van der Waals surface area (Å²) < 4.78 is 6.93. The number of nitrogens with zero attached hydrogens (tertiary/aromatic N) is 3. The molecule has 1 N–H and O–H groups in total. The van der Waals surface area contributed by atoms with E-state index in [2.05, 4.69) is 15.4 Å². The van der Waals surface area contributed by atoms with Gasteiger partial charge in [-0.1, -0.05) is 6.07 Å². The van der Waals surface area contributed by atoms with Crippen LogP contribution in [0.3, 0.4) is 0 Å². The molecule has 2 rings (SSSR count). The monoisotopic (exact) mass is 234 g/mol. The van der Waals surface area contributed by atoms with Gasteiger partial charge in [-0.15, -0.1) is 5.10 Å². The van der Waals surface area contributed by atoms with Gasteiger partial charge in [0.15, 0.2) is 5.65 Å². The lowest BCUT2D eigenvalue weighted by atomic mass is 10.1. The van der Waals surface area contributed by atoms with Crippen LogP contribution in [-0.4, -0.2) is 33.9 Å². The standard InChI is InChI=1S/C12H18N4O/c1-9-5-6-10-13-11(15-16(10)7-9)14-12(2,3)8-17-4/h5-7H,8H2,1-4H3,(H,14,15). The molecule has 92 valence electrons. The zero-order valence-corrected chi connectivity index (χ0v) is 10.7. The van der Waals surface area contributed by atoms with Crippen molar-refractivity contribution in [3.8, 4) is 0 Å². The van der Waals surface area contributed by atoms with Crippen molar-refractivity contribution in [1.29, 1.82) is 0 Å². The Bertz CT molecular complexity index is 518. The molecular formula is C12H18N4O. The lowest BCUT2D eigenvalue weighted by molar-refractivity contribution is 0.158. The summed E-state index contributed by atoms with van der Waals surface area (Å²) in [6.07, 6.45) is 1.96. The maximum Gasteiger partial charge on any atom is 0.243 e. The van der Waals surface area contributed by atoms with Crippen LogP contribution in [0.4, 0.5) is 5.95 Å². The molecule has 0 spiro atoms. The van der Waals surface area contributed by atoms with E-state index >= 15 is 0 Å². The summed E-state index contributed by atoms with van der Waals surface area (Å²) in [5.41, 5.74) is 1.81. The zero-order chi connectivity index (χ0) is 12.5. The smallest absolute Gasteiger partial charge is 0.243 e. The molecule has 5 nitrogen and oxygen atoms in total. The Morgan fingerprint density at radius 3 is 2.88 bits per heavy atom. The second-order valence-electron chi connectivity index (χ2n) is 4.89. The molecule has 17 heavy (non-hydrogen) atoms. The van der Waals surface area contributed by atoms with Gasteiger partial charge in [0.1, 0.15) is 0 Å². The predicted octanol–water partition coefficient (Wildman–Crippen LogP) is 1.87. The number of hydrogen-bond acceptors (Lipinski definition) is 4. The number of rotatable bonds is 4. The number of hydrogen-bond donors (Lipinski definition) is 1. The Morgan fingerprint density at radius 2 is 2.18 bits per heavy atom. The Labute approximate surface area is 101 Å². The minimum absolute atomic E-state index is 0.186. The van der Waals surface area contributed by atoms with Gasteiger partial charge in [0.05, 0.1) is 12.1 Å². The summed E-state index contributed by atoms with van der Waals surface area (Å²) in [7, 11) is 1.68. The third-order valence-corrected chi connectivity index (χ3v) is 2.43. The second-order valence-corrected chi connectivity index (χ2v) is 4.89. The molecule has 2 aromatic rings. The third kappa shape index (κ3) is 2.74. The van der Waals surface area contributed by atoms with E-state index in [4.69, 9.17) is 4.74 Å². The molecule has 0 aliphatic carbocycles. The molecule has 0 fully saturated rings. The molecule has 0 unspecified atom stereocenters. The highest BCUT2D eigenvalue weighted by molar-refractivity contribution is 5.44. The molecule has 0 aliphatic rings. The van der Waals surface area contributed by atoms with E-state index in [9.17, 15) is 0 Å². The van der Waals surface area contributed by atoms with E-state index < -0.39 is 0 Å². The van der Waals surface area contributed by atoms with Crippen LogP contribution in [0.5, 0.6) is 0 Å². The van der Waals surface area contributed by atoms with E-state index in [1.165, 1.54) is 0 Å². The van der Waals surface area contributed by atoms with Gasteiger partial charge < -0.3 is 10.1 Å². The van der Waals surface area contributed by atoms with Crippen LogP contribution in [0.25, 0.3) is 5.65 Å². The fourth-order valence-electron chi connectivity index (χ4n) is 1.74. The fraction of sp³-hybridized carbons (Fsp3) is 0.500. The summed E-state index contributed by atoms with van der Waals surface area (Å²) in [6, 6.07) is 3.98. The highest BCUT2D eigenvalue weighted by atomic mass is 16.5. The lowest BCUT2D eigenvalue weighted by Gasteiger charge is -2.23. The molecule has 0 atom stereocenters. The number of ether oxygens (including phenoxy) is 1. The van der Waals surface area contributed by atoms with E-state index in [0.29, 0.717) is 12.6 Å². The first-order chi connectivity index (χ1) is 8.00. The Morgan fingerprint density at radius 1 is 1.41 bits per heavy atom. The molecule has 0 amide bonds. The maximum absolute atomic E-state index is 5.15. The summed E-state index contributed by atoms with van der Waals surface area (Å²) in [5, 5.41) is 7.64. The maximum atomic E-state index is 5.15. The number of aryl methyl sites for hydroxylation is 1. The van der Waals surface area contributed by atoms with Crippen LogP contribution in [0.1, 0.15) is 19.4 Å². The van der Waals surface area contributed by atoms with Gasteiger partial charge >= 0.3 is 0 Å². The number of aromatic nitrogens is 3. The zero-order valence-electron chi connectivity index (χ0n) is 10.7. The van der Waals surface area contributed by atoms with Crippen LogP contribution in [0, 0.1) is 6.92 Å². The number of nitrogens with one attached hydrogen (secondary N) is 1. The predicted molar refractivity (Wildman–Crippen MR) is 67.3 cm³/mol. The van der Waals surface area contributed by atoms with Gasteiger partial charge in [0, 0.05) is 13.3 Å². The molecular weight excluding hydrogens is 216 g/mol. The summed E-state index contributed by atoms with van der Waals surface area (Å²) >= 11 is 0. The topological polar surface area (TPSA) is 51.5 Å². The Hall–Kier alpha value is -1.62. The van der Waals surface area contributed by atoms with Crippen molar-refractivity contribution in [3.63, 3.8) is 0 Å². The normalized spacial score (nSPS) is 12.0. The number of methoxy groups -OCH3 is 1. The molecule has 5 heteroatoms. The van der Waals surface area contributed by atoms with Crippen LogP contribution < -0.4 is 5.32 Å². The molecule has 0 saturated heterocycles. The summed E-state index contributed by atoms with van der Waals surface area (Å²) in [4.78, 5) is 4.41. The van der Waals surface area contributed by atoms with Gasteiger partial charge in [-0.05, 0) is 32.4 Å². The second kappa shape index (κ2) is 4.33. The summed E-state index contributed by atoms with van der Waals surface area (Å²) in [6.45, 7) is 6.73. The van der Waals surface area contributed by atoms with E-state index in [0.717, 1.165) is 11.2 Å². The van der Waals surface area contributed by atoms with Crippen molar-refractivity contribution in [2.24, 2.45) is 0 Å². The highest BCUT2D eigenvalue weighted by Gasteiger charge is 2.19. The molecule has 2 aromatic heterocycles. The quantitative estimate of drug-likeness (QED) is 0.877. The Balaban J connectivity index is 2.25. The van der Waals surface area contributed by atoms with Crippen LogP contribution >= 0.6 is 0 Å². The average Bonchev–Trinajstić information content (AvgIpc) is 2.57. The lowest BCUT2D eigenvalue weighted by Crippen LogP contribution is -2.36. The van der Waals surface area contributed by atoms with Crippen LogP contribution in [0.15, 0.2) is 18.3 Å². The SMILES string of the molecule is COCC(C)(C)Nc1nc2ccc(C)cn2n1. The number of anilines is 1. The van der Waals surface area contributed by atoms with Gasteiger partial charge in [-0.3, -0.25) is 0 Å². The van der Waals surface area contributed by atoms with Crippen molar-refractivity contribution >= 4 is 11.6 Å². The van der Waals surface area contributed by atoms with Crippen molar-refractivity contribution in [3.05, 3.63) is 23.9 Å². The van der Waals surface area contributed by atoms with Crippen LogP contribution in [-0.2, 0) is 4.74 Å². The minimum Gasteiger partial charge on any atom is -0.382 e. The van der Waals surface area contributed by atoms with Crippen molar-refractivity contribution < 1.29 is 4.74 Å². The van der Waals surface area contributed by atoms with Gasteiger partial charge in [-0.2, -0.15) is 4.98 Å². The van der Waals surface area contributed by atoms with Gasteiger partial charge in [-0.25, -0.2) is 4.52 Å². The molecule has 0 aliphatic heterocycles. The molecule has 0 bridgehead atoms. The van der Waals surface area contributed by atoms with Crippen molar-refractivity contribution in [2.75, 3.05) is 19.0 Å². The average molecular weight is 234 g/mol. The van der Waals surface area contributed by atoms with Gasteiger partial charge in [0.25, 0.3) is 0 Å². The molecule has 0 radical (unpaired) electrons. The fourth-order valence-corrected chi connectivity index (χ4v) is 1.74. The first kappa shape index (κ1) is 11.9. The summed E-state index contributed by atoms with van der Waals surface area (Å²) in [5.74, 6) is 0.623. The minimum atomic E-state index is -0.186. The highest BCUT2D eigenvalue weighted by Crippen LogP contribution is 2.13. The van der Waals surface area contributed by atoms with Crippen LogP contribution in [0.2, 0.25) is 0 Å². The largest absolute Gasteiger partial charge is 0.382 e. The van der Waals surface area contributed by atoms with Crippen molar-refractivity contribution in [2.45, 2.75) is 26.3 Å². The Kier molecular flexibility index (Phi) is 3.02. The number of fused-ring (bicyclic) bond motifs is 1. The van der Waals surface area contributed by atoms with E-state index in [1.54, 1.807) is 11.6 Å². The first-order valence-electron chi connectivity index (χ1n) is 5.60. The molecule has 0 saturated carbocycles. The number of pyridine rings is 1. The van der Waals surface area contributed by atoms with E-state index in [-0.39, 0.29) is 5.54 Å². The van der Waals surface area contributed by atoms with Crippen molar-refractivity contribution in [1.82, 2.24) is 14.6 Å². The van der Waals surface area contributed by atoms with E-state index in [1.807, 2.05) is 39.1 Å². The molecule has 2 heterocycles. The third-order valence-electron chi connectivity index (χ3n) is 2.43. The van der Waals surface area contributed by atoms with Gasteiger partial charge in [0.2, 0.25) is 5.95 Å².